The number of aromatic nitrogens is 1. The molecule has 0 aliphatic carbocycles. The molecule has 0 unspecified atom stereocenters. The topological polar surface area (TPSA) is 94.4 Å². The van der Waals surface area contributed by atoms with E-state index in [4.69, 9.17) is 15.2 Å². The maximum Gasteiger partial charge on any atom is 0.355 e. The Hall–Kier alpha value is -3.12. The van der Waals surface area contributed by atoms with Crippen molar-refractivity contribution in [3.05, 3.63) is 65.4 Å². The molecule has 134 valence electrons. The van der Waals surface area contributed by atoms with E-state index < -0.39 is 11.9 Å². The molecule has 2 aromatic carbocycles. The van der Waals surface area contributed by atoms with Crippen LogP contribution in [0.15, 0.2) is 48.5 Å². The number of carbonyl (C=O) groups is 2. The first-order chi connectivity index (χ1) is 12.6. The molecule has 0 spiro atoms. The third kappa shape index (κ3) is 3.60. The van der Waals surface area contributed by atoms with Gasteiger partial charge in [-0.2, -0.15) is 0 Å². The van der Waals surface area contributed by atoms with Gasteiger partial charge < -0.3 is 20.2 Å². The van der Waals surface area contributed by atoms with E-state index in [1.807, 2.05) is 6.07 Å². The van der Waals surface area contributed by atoms with Crippen LogP contribution < -0.4 is 10.5 Å². The van der Waals surface area contributed by atoms with Crippen molar-refractivity contribution in [2.45, 2.75) is 13.3 Å². The van der Waals surface area contributed by atoms with E-state index in [9.17, 15) is 9.59 Å². The van der Waals surface area contributed by atoms with Gasteiger partial charge in [0.05, 0.1) is 12.2 Å². The highest BCUT2D eigenvalue weighted by Gasteiger charge is 2.19. The van der Waals surface area contributed by atoms with Crippen molar-refractivity contribution in [1.29, 1.82) is 0 Å². The number of hydrogen-bond donors (Lipinski definition) is 2. The number of nitrogens with two attached hydrogens (primary N) is 1. The largest absolute Gasteiger partial charge is 0.461 e. The van der Waals surface area contributed by atoms with Crippen LogP contribution in [0.5, 0.6) is 5.75 Å². The quantitative estimate of drug-likeness (QED) is 0.525. The van der Waals surface area contributed by atoms with E-state index in [0.717, 1.165) is 16.5 Å². The minimum Gasteiger partial charge on any atom is -0.461 e. The number of aromatic amines is 1. The minimum atomic E-state index is -0.438. The number of benzene rings is 2. The van der Waals surface area contributed by atoms with Crippen molar-refractivity contribution >= 4 is 22.8 Å². The second-order valence-corrected chi connectivity index (χ2v) is 5.70. The normalized spacial score (nSPS) is 10.7. The van der Waals surface area contributed by atoms with Gasteiger partial charge >= 0.3 is 11.9 Å². The molecule has 26 heavy (non-hydrogen) atoms. The van der Waals surface area contributed by atoms with Gasteiger partial charge in [-0.05, 0) is 55.8 Å². The lowest BCUT2D eigenvalue weighted by Gasteiger charge is -2.06. The number of ether oxygens (including phenoxy) is 2. The molecule has 0 saturated carbocycles. The average Bonchev–Trinajstić information content (AvgIpc) is 3.01. The first-order valence-electron chi connectivity index (χ1n) is 8.43. The predicted octanol–water partition coefficient (Wildman–Crippen LogP) is 3.07. The molecule has 0 amide bonds. The Morgan fingerprint density at radius 1 is 1.08 bits per heavy atom. The monoisotopic (exact) mass is 352 g/mol. The van der Waals surface area contributed by atoms with E-state index in [2.05, 4.69) is 4.98 Å². The Balaban J connectivity index is 1.95. The molecule has 0 radical (unpaired) electrons. The van der Waals surface area contributed by atoms with Crippen molar-refractivity contribution in [3.63, 3.8) is 0 Å². The summed E-state index contributed by atoms with van der Waals surface area (Å²) < 4.78 is 10.6. The molecule has 3 N–H and O–H groups in total. The molecule has 3 aromatic rings. The smallest absolute Gasteiger partial charge is 0.355 e. The first-order valence-corrected chi connectivity index (χ1v) is 8.43. The van der Waals surface area contributed by atoms with Crippen LogP contribution in [0, 0.1) is 0 Å². The van der Waals surface area contributed by atoms with Gasteiger partial charge in [0.25, 0.3) is 0 Å². The van der Waals surface area contributed by atoms with Crippen LogP contribution >= 0.6 is 0 Å². The number of esters is 2. The maximum atomic E-state index is 12.2. The molecule has 0 aliphatic heterocycles. The number of fused-ring (bicyclic) bond motifs is 1. The molecule has 3 rings (SSSR count). The SMILES string of the molecule is CCOC(=O)c1[nH]c2ccc(OC(=O)c3ccccc3)cc2c1CCN. The van der Waals surface area contributed by atoms with Gasteiger partial charge in [-0.3, -0.25) is 0 Å². The second-order valence-electron chi connectivity index (χ2n) is 5.70. The van der Waals surface area contributed by atoms with E-state index >= 15 is 0 Å². The number of rotatable bonds is 6. The molecule has 6 heteroatoms. The fraction of sp³-hybridized carbons (Fsp3) is 0.200. The van der Waals surface area contributed by atoms with Crippen LogP contribution in [-0.2, 0) is 11.2 Å². The summed E-state index contributed by atoms with van der Waals surface area (Å²) >= 11 is 0. The number of hydrogen-bond acceptors (Lipinski definition) is 5. The maximum absolute atomic E-state index is 12.2. The lowest BCUT2D eigenvalue weighted by Crippen LogP contribution is -2.11. The Bertz CT molecular complexity index is 932. The van der Waals surface area contributed by atoms with Crippen molar-refractivity contribution < 1.29 is 19.1 Å². The Morgan fingerprint density at radius 2 is 1.85 bits per heavy atom. The zero-order valence-electron chi connectivity index (χ0n) is 14.5. The van der Waals surface area contributed by atoms with Gasteiger partial charge in [0.1, 0.15) is 11.4 Å². The van der Waals surface area contributed by atoms with Crippen molar-refractivity contribution in [2.24, 2.45) is 5.73 Å². The summed E-state index contributed by atoms with van der Waals surface area (Å²) in [5.74, 6) is -0.458. The summed E-state index contributed by atoms with van der Waals surface area (Å²) in [6.07, 6.45) is 0.504. The van der Waals surface area contributed by atoms with Crippen LogP contribution in [0.2, 0.25) is 0 Å². The van der Waals surface area contributed by atoms with Crippen molar-refractivity contribution in [3.8, 4) is 5.75 Å². The van der Waals surface area contributed by atoms with E-state index in [0.29, 0.717) is 30.0 Å². The summed E-state index contributed by atoms with van der Waals surface area (Å²) in [4.78, 5) is 27.5. The van der Waals surface area contributed by atoms with E-state index in [1.165, 1.54) is 0 Å². The van der Waals surface area contributed by atoms with Gasteiger partial charge in [0.2, 0.25) is 0 Å². The van der Waals surface area contributed by atoms with Crippen LogP contribution in [0.25, 0.3) is 10.9 Å². The van der Waals surface area contributed by atoms with Gasteiger partial charge in [-0.1, -0.05) is 18.2 Å². The highest BCUT2D eigenvalue weighted by molar-refractivity contribution is 5.99. The van der Waals surface area contributed by atoms with Crippen molar-refractivity contribution in [1.82, 2.24) is 4.98 Å². The van der Waals surface area contributed by atoms with Crippen molar-refractivity contribution in [2.75, 3.05) is 13.2 Å². The summed E-state index contributed by atoms with van der Waals surface area (Å²) in [6.45, 7) is 2.42. The molecule has 0 bridgehead atoms. The molecular weight excluding hydrogens is 332 g/mol. The average molecular weight is 352 g/mol. The van der Waals surface area contributed by atoms with Gasteiger partial charge in [0.15, 0.2) is 0 Å². The molecule has 0 saturated heterocycles. The third-order valence-electron chi connectivity index (χ3n) is 3.97. The second kappa shape index (κ2) is 7.84. The molecule has 6 nitrogen and oxygen atoms in total. The first kappa shape index (κ1) is 17.7. The molecule has 0 atom stereocenters. The zero-order chi connectivity index (χ0) is 18.5. The minimum absolute atomic E-state index is 0.288. The standard InChI is InChI=1S/C20H20N2O4/c1-2-25-20(24)18-15(10-11-21)16-12-14(8-9-17(16)22-18)26-19(23)13-6-4-3-5-7-13/h3-9,12,22H,2,10-11,21H2,1H3. The molecule has 1 heterocycles. The Morgan fingerprint density at radius 3 is 2.54 bits per heavy atom. The van der Waals surface area contributed by atoms with Crippen LogP contribution in [-0.4, -0.2) is 30.1 Å². The van der Waals surface area contributed by atoms with Crippen LogP contribution in [0.3, 0.4) is 0 Å². The fourth-order valence-corrected chi connectivity index (χ4v) is 2.81. The molecule has 0 aliphatic rings. The molecular formula is C20H20N2O4. The molecule has 1 aromatic heterocycles. The van der Waals surface area contributed by atoms with Crippen LogP contribution in [0.4, 0.5) is 0 Å². The highest BCUT2D eigenvalue weighted by atomic mass is 16.5. The predicted molar refractivity (Wildman–Crippen MR) is 98.4 cm³/mol. The van der Waals surface area contributed by atoms with E-state index in [-0.39, 0.29) is 6.61 Å². The van der Waals surface area contributed by atoms with E-state index in [1.54, 1.807) is 49.4 Å². The van der Waals surface area contributed by atoms with Crippen LogP contribution in [0.1, 0.15) is 33.3 Å². The van der Waals surface area contributed by atoms with Gasteiger partial charge in [0, 0.05) is 10.9 Å². The summed E-state index contributed by atoms with van der Waals surface area (Å²) in [5, 5.41) is 0.789. The third-order valence-corrected chi connectivity index (χ3v) is 3.97. The van der Waals surface area contributed by atoms with Gasteiger partial charge in [-0.15, -0.1) is 0 Å². The number of carbonyl (C=O) groups excluding carboxylic acids is 2. The number of H-pyrrole nitrogens is 1. The highest BCUT2D eigenvalue weighted by Crippen LogP contribution is 2.28. The number of nitrogens with one attached hydrogen (secondary N) is 1. The molecule has 0 fully saturated rings. The Labute approximate surface area is 150 Å². The summed E-state index contributed by atoms with van der Waals surface area (Å²) in [6, 6.07) is 13.9. The fourth-order valence-electron chi connectivity index (χ4n) is 2.81. The lowest BCUT2D eigenvalue weighted by molar-refractivity contribution is 0.0519. The zero-order valence-corrected chi connectivity index (χ0v) is 14.5. The van der Waals surface area contributed by atoms with Gasteiger partial charge in [-0.25, -0.2) is 9.59 Å². The Kier molecular flexibility index (Phi) is 5.34. The summed E-state index contributed by atoms with van der Waals surface area (Å²) in [5.41, 5.74) is 8.08. The summed E-state index contributed by atoms with van der Waals surface area (Å²) in [7, 11) is 0. The lowest BCUT2D eigenvalue weighted by atomic mass is 10.1.